The number of aliphatic hydroxyl groups excluding tert-OH is 2. The molecule has 0 aliphatic heterocycles. The van der Waals surface area contributed by atoms with Gasteiger partial charge in [-0.1, -0.05) is 90.9 Å². The molecule has 2 N–H and O–H groups in total. The summed E-state index contributed by atoms with van der Waals surface area (Å²) in [5, 5.41) is 18.9. The molecule has 3 atom stereocenters. The first kappa shape index (κ1) is 25.9. The van der Waals surface area contributed by atoms with Crippen LogP contribution in [0.15, 0.2) is 0 Å². The number of hydrogen-bond donors (Lipinski definition) is 2. The van der Waals surface area contributed by atoms with Crippen molar-refractivity contribution in [3.8, 4) is 0 Å². The van der Waals surface area contributed by atoms with Crippen LogP contribution in [0, 0.1) is 5.41 Å². The fourth-order valence-electron chi connectivity index (χ4n) is 4.15. The van der Waals surface area contributed by atoms with Gasteiger partial charge in [-0.25, -0.2) is 0 Å². The first-order valence-corrected chi connectivity index (χ1v) is 11.8. The highest BCUT2D eigenvalue weighted by Crippen LogP contribution is 2.39. The van der Waals surface area contributed by atoms with E-state index in [0.717, 1.165) is 12.8 Å². The van der Waals surface area contributed by atoms with Crippen LogP contribution in [0.1, 0.15) is 137 Å². The zero-order valence-electron chi connectivity index (χ0n) is 18.6. The third-order valence-electron chi connectivity index (χ3n) is 6.23. The van der Waals surface area contributed by atoms with Crippen LogP contribution in [0.3, 0.4) is 0 Å². The number of unbranched alkanes of at least 4 members (excludes halogenated alkanes) is 9. The summed E-state index contributed by atoms with van der Waals surface area (Å²) in [4.78, 5) is 0. The SMILES string of the molecule is CCCCC(CC)(CCCCCCCCCCCC(C)O)CCC(C)O. The maximum atomic E-state index is 9.70. The van der Waals surface area contributed by atoms with Crippen LogP contribution in [0.25, 0.3) is 0 Å². The van der Waals surface area contributed by atoms with E-state index in [9.17, 15) is 10.2 Å². The molecule has 0 saturated heterocycles. The fourth-order valence-corrected chi connectivity index (χ4v) is 4.15. The number of aliphatic hydroxyl groups is 2. The normalized spacial score (nSPS) is 16.4. The predicted octanol–water partition coefficient (Wildman–Crippen LogP) is 7.41. The predicted molar refractivity (Wildman–Crippen MR) is 116 cm³/mol. The van der Waals surface area contributed by atoms with Crippen LogP contribution >= 0.6 is 0 Å². The lowest BCUT2D eigenvalue weighted by Gasteiger charge is -2.34. The van der Waals surface area contributed by atoms with Crippen molar-refractivity contribution in [2.45, 2.75) is 149 Å². The summed E-state index contributed by atoms with van der Waals surface area (Å²) >= 11 is 0. The van der Waals surface area contributed by atoms with E-state index in [0.29, 0.717) is 5.41 Å². The Balaban J connectivity index is 3.80. The maximum absolute atomic E-state index is 9.70. The second-order valence-electron chi connectivity index (χ2n) is 8.91. The molecular weight excluding hydrogens is 320 g/mol. The third-order valence-corrected chi connectivity index (χ3v) is 6.23. The van der Waals surface area contributed by atoms with Gasteiger partial charge in [0, 0.05) is 0 Å². The molecule has 3 unspecified atom stereocenters. The van der Waals surface area contributed by atoms with E-state index in [1.54, 1.807) is 0 Å². The third kappa shape index (κ3) is 15.0. The summed E-state index contributed by atoms with van der Waals surface area (Å²) in [6.07, 6.45) is 21.5. The lowest BCUT2D eigenvalue weighted by atomic mass is 9.72. The second kappa shape index (κ2) is 17.0. The summed E-state index contributed by atoms with van der Waals surface area (Å²) in [6, 6.07) is 0. The van der Waals surface area contributed by atoms with E-state index in [-0.39, 0.29) is 12.2 Å². The van der Waals surface area contributed by atoms with Gasteiger partial charge >= 0.3 is 0 Å². The zero-order valence-corrected chi connectivity index (χ0v) is 18.6. The van der Waals surface area contributed by atoms with E-state index < -0.39 is 0 Å². The van der Waals surface area contributed by atoms with Gasteiger partial charge < -0.3 is 10.2 Å². The molecule has 0 fully saturated rings. The van der Waals surface area contributed by atoms with Crippen LogP contribution in [0.2, 0.25) is 0 Å². The highest BCUT2D eigenvalue weighted by Gasteiger charge is 2.27. The van der Waals surface area contributed by atoms with Gasteiger partial charge in [0.25, 0.3) is 0 Å². The van der Waals surface area contributed by atoms with Crippen LogP contribution < -0.4 is 0 Å². The van der Waals surface area contributed by atoms with E-state index in [4.69, 9.17) is 0 Å². The van der Waals surface area contributed by atoms with Gasteiger partial charge in [0.1, 0.15) is 0 Å². The lowest BCUT2D eigenvalue weighted by Crippen LogP contribution is -2.22. The highest BCUT2D eigenvalue weighted by atomic mass is 16.3. The van der Waals surface area contributed by atoms with Crippen molar-refractivity contribution in [1.29, 1.82) is 0 Å². The molecule has 158 valence electrons. The smallest absolute Gasteiger partial charge is 0.0512 e. The molecular formula is C24H50O2. The highest BCUT2D eigenvalue weighted by molar-refractivity contribution is 4.79. The van der Waals surface area contributed by atoms with Gasteiger partial charge in [-0.15, -0.1) is 0 Å². The summed E-state index contributed by atoms with van der Waals surface area (Å²) in [6.45, 7) is 8.47. The minimum Gasteiger partial charge on any atom is -0.393 e. The standard InChI is InChI=1S/C24H50O2/c1-5-7-19-24(6-2,21-18-23(4)26)20-16-14-12-10-8-9-11-13-15-17-22(3)25/h22-23,25-26H,5-21H2,1-4H3. The molecule has 0 aliphatic carbocycles. The number of hydrogen-bond acceptors (Lipinski definition) is 2. The monoisotopic (exact) mass is 370 g/mol. The minimum absolute atomic E-state index is 0.122. The minimum atomic E-state index is -0.150. The zero-order chi connectivity index (χ0) is 19.7. The Hall–Kier alpha value is -0.0800. The van der Waals surface area contributed by atoms with Crippen molar-refractivity contribution >= 4 is 0 Å². The molecule has 26 heavy (non-hydrogen) atoms. The molecule has 0 heterocycles. The van der Waals surface area contributed by atoms with E-state index >= 15 is 0 Å². The second-order valence-corrected chi connectivity index (χ2v) is 8.91. The van der Waals surface area contributed by atoms with Crippen molar-refractivity contribution in [1.82, 2.24) is 0 Å². The molecule has 0 amide bonds. The van der Waals surface area contributed by atoms with Gasteiger partial charge in [-0.05, 0) is 51.4 Å². The average Bonchev–Trinajstić information content (AvgIpc) is 2.61. The molecule has 0 radical (unpaired) electrons. The Kier molecular flexibility index (Phi) is 17.0. The maximum Gasteiger partial charge on any atom is 0.0512 e. The van der Waals surface area contributed by atoms with Gasteiger partial charge in [0.2, 0.25) is 0 Å². The molecule has 0 saturated carbocycles. The molecule has 0 aliphatic rings. The van der Waals surface area contributed by atoms with Crippen LogP contribution in [0.5, 0.6) is 0 Å². The summed E-state index contributed by atoms with van der Waals surface area (Å²) in [5.41, 5.74) is 0.483. The Morgan fingerprint density at radius 3 is 1.50 bits per heavy atom. The topological polar surface area (TPSA) is 40.5 Å². The van der Waals surface area contributed by atoms with Crippen LogP contribution in [0.4, 0.5) is 0 Å². The van der Waals surface area contributed by atoms with Gasteiger partial charge in [0.05, 0.1) is 12.2 Å². The molecule has 2 nitrogen and oxygen atoms in total. The molecule has 0 aromatic carbocycles. The molecule has 0 aromatic rings. The van der Waals surface area contributed by atoms with Gasteiger partial charge in [-0.3, -0.25) is 0 Å². The Morgan fingerprint density at radius 2 is 1.04 bits per heavy atom. The van der Waals surface area contributed by atoms with Crippen molar-refractivity contribution in [2.75, 3.05) is 0 Å². The lowest BCUT2D eigenvalue weighted by molar-refractivity contribution is 0.127. The van der Waals surface area contributed by atoms with Crippen LogP contribution in [-0.4, -0.2) is 22.4 Å². The molecule has 0 rings (SSSR count). The Labute approximate surface area is 165 Å². The summed E-state index contributed by atoms with van der Waals surface area (Å²) in [5.74, 6) is 0. The van der Waals surface area contributed by atoms with Gasteiger partial charge in [-0.2, -0.15) is 0 Å². The summed E-state index contributed by atoms with van der Waals surface area (Å²) < 4.78 is 0. The van der Waals surface area contributed by atoms with Crippen molar-refractivity contribution in [3.63, 3.8) is 0 Å². The Morgan fingerprint density at radius 1 is 0.577 bits per heavy atom. The van der Waals surface area contributed by atoms with Crippen molar-refractivity contribution < 1.29 is 10.2 Å². The van der Waals surface area contributed by atoms with Gasteiger partial charge in [0.15, 0.2) is 0 Å². The van der Waals surface area contributed by atoms with E-state index in [1.807, 2.05) is 13.8 Å². The first-order valence-electron chi connectivity index (χ1n) is 11.8. The molecule has 0 aromatic heterocycles. The Bertz CT molecular complexity index is 288. The average molecular weight is 371 g/mol. The molecule has 0 spiro atoms. The van der Waals surface area contributed by atoms with Crippen LogP contribution in [-0.2, 0) is 0 Å². The quantitative estimate of drug-likeness (QED) is 0.232. The van der Waals surface area contributed by atoms with E-state index in [1.165, 1.54) is 96.3 Å². The largest absolute Gasteiger partial charge is 0.393 e. The number of rotatable bonds is 19. The molecule has 2 heteroatoms. The fraction of sp³-hybridized carbons (Fsp3) is 1.00. The van der Waals surface area contributed by atoms with E-state index in [2.05, 4.69) is 13.8 Å². The van der Waals surface area contributed by atoms with Crippen molar-refractivity contribution in [2.24, 2.45) is 5.41 Å². The van der Waals surface area contributed by atoms with Crippen molar-refractivity contribution in [3.05, 3.63) is 0 Å². The first-order chi connectivity index (χ1) is 12.5. The molecule has 0 bridgehead atoms. The summed E-state index contributed by atoms with van der Waals surface area (Å²) in [7, 11) is 0.